The molecule has 1 aromatic carbocycles. The minimum Gasteiger partial charge on any atom is -0.258 e. The summed E-state index contributed by atoms with van der Waals surface area (Å²) >= 11 is 0. The van der Waals surface area contributed by atoms with Crippen molar-refractivity contribution in [1.29, 1.82) is 0 Å². The van der Waals surface area contributed by atoms with Gasteiger partial charge in [-0.05, 0) is 18.2 Å². The second-order valence-electron chi connectivity index (χ2n) is 3.02. The van der Waals surface area contributed by atoms with Gasteiger partial charge in [-0.1, -0.05) is 0 Å². The summed E-state index contributed by atoms with van der Waals surface area (Å²) in [6.45, 7) is 0. The number of nitro groups is 2. The number of hydrogen-bond donors (Lipinski definition) is 0. The van der Waals surface area contributed by atoms with Crippen molar-refractivity contribution in [1.82, 2.24) is 4.98 Å². The molecule has 2 aromatic rings. The van der Waals surface area contributed by atoms with Gasteiger partial charge in [0, 0.05) is 12.3 Å². The number of fused-ring (bicyclic) bond motifs is 1. The summed E-state index contributed by atoms with van der Waals surface area (Å²) in [7, 11) is 0. The fourth-order valence-corrected chi connectivity index (χ4v) is 1.46. The van der Waals surface area contributed by atoms with Crippen LogP contribution < -0.4 is 0 Å². The van der Waals surface area contributed by atoms with Crippen molar-refractivity contribution in [3.63, 3.8) is 0 Å². The molecule has 0 spiro atoms. The van der Waals surface area contributed by atoms with E-state index in [4.69, 9.17) is 0 Å². The second kappa shape index (κ2) is 3.54. The maximum Gasteiger partial charge on any atom is 0.355 e. The van der Waals surface area contributed by atoms with Crippen LogP contribution in [0.3, 0.4) is 0 Å². The van der Waals surface area contributed by atoms with Crippen molar-refractivity contribution in [3.05, 3.63) is 50.7 Å². The van der Waals surface area contributed by atoms with E-state index in [2.05, 4.69) is 4.98 Å². The molecular formula is C9H5N3O4. The molecule has 0 fully saturated rings. The minimum atomic E-state index is -0.773. The molecule has 0 aliphatic heterocycles. The molecule has 0 N–H and O–H groups in total. The summed E-state index contributed by atoms with van der Waals surface area (Å²) in [5.74, 6) is 0. The number of hydrogen-bond acceptors (Lipinski definition) is 5. The summed E-state index contributed by atoms with van der Waals surface area (Å²) in [4.78, 5) is 23.8. The molecule has 1 aromatic heterocycles. The van der Waals surface area contributed by atoms with Crippen LogP contribution in [0.25, 0.3) is 10.9 Å². The number of nitrogens with zero attached hydrogens (tertiary/aromatic N) is 3. The Kier molecular flexibility index (Phi) is 2.20. The lowest BCUT2D eigenvalue weighted by molar-refractivity contribution is -0.421. The van der Waals surface area contributed by atoms with Gasteiger partial charge in [0.25, 0.3) is 0 Å². The first-order valence-corrected chi connectivity index (χ1v) is 4.28. The highest BCUT2D eigenvalue weighted by atomic mass is 16.6. The normalized spacial score (nSPS) is 10.2. The molecule has 0 atom stereocenters. The number of aromatic nitrogens is 1. The lowest BCUT2D eigenvalue weighted by Crippen LogP contribution is -1.97. The smallest absolute Gasteiger partial charge is 0.258 e. The first-order chi connectivity index (χ1) is 7.61. The van der Waals surface area contributed by atoms with Crippen molar-refractivity contribution >= 4 is 22.3 Å². The van der Waals surface area contributed by atoms with Crippen molar-refractivity contribution in [2.75, 3.05) is 0 Å². The molecule has 1 heterocycles. The molecule has 0 saturated heterocycles. The van der Waals surface area contributed by atoms with Crippen LogP contribution in [-0.2, 0) is 0 Å². The third-order valence-electron chi connectivity index (χ3n) is 2.11. The van der Waals surface area contributed by atoms with Gasteiger partial charge in [-0.3, -0.25) is 25.2 Å². The summed E-state index contributed by atoms with van der Waals surface area (Å²) in [5.41, 5.74) is -0.680. The second-order valence-corrected chi connectivity index (χ2v) is 3.02. The third-order valence-corrected chi connectivity index (χ3v) is 2.11. The molecule has 0 aliphatic rings. The van der Waals surface area contributed by atoms with Gasteiger partial charge >= 0.3 is 11.4 Å². The molecule has 16 heavy (non-hydrogen) atoms. The van der Waals surface area contributed by atoms with Crippen LogP contribution in [-0.4, -0.2) is 14.8 Å². The van der Waals surface area contributed by atoms with Gasteiger partial charge in [0.1, 0.15) is 0 Å². The zero-order valence-corrected chi connectivity index (χ0v) is 7.86. The third kappa shape index (κ3) is 1.44. The van der Waals surface area contributed by atoms with Gasteiger partial charge in [-0.25, -0.2) is 0 Å². The molecule has 7 nitrogen and oxygen atoms in total. The van der Waals surface area contributed by atoms with Crippen LogP contribution in [0.1, 0.15) is 0 Å². The van der Waals surface area contributed by atoms with E-state index in [1.807, 2.05) is 0 Å². The van der Waals surface area contributed by atoms with E-state index in [-0.39, 0.29) is 5.39 Å². The minimum absolute atomic E-state index is 0.168. The van der Waals surface area contributed by atoms with Gasteiger partial charge in [0.2, 0.25) is 0 Å². The highest BCUT2D eigenvalue weighted by Gasteiger charge is 2.27. The summed E-state index contributed by atoms with van der Waals surface area (Å²) in [6.07, 6.45) is 1.47. The Balaban J connectivity index is 2.90. The molecule has 0 amide bonds. The zero-order valence-electron chi connectivity index (χ0n) is 7.86. The first kappa shape index (κ1) is 9.97. The fourth-order valence-electron chi connectivity index (χ4n) is 1.46. The fraction of sp³-hybridized carbons (Fsp3) is 0. The maximum atomic E-state index is 10.8. The Hall–Kier alpha value is -2.57. The van der Waals surface area contributed by atoms with E-state index in [9.17, 15) is 20.2 Å². The standard InChI is InChI=1S/C9H5N3O4/c13-11(14)8-4-3-7-6(2-1-5-10-7)9(8)12(15)16/h1-5H. The van der Waals surface area contributed by atoms with Gasteiger partial charge in [-0.15, -0.1) is 0 Å². The average Bonchev–Trinajstić information content (AvgIpc) is 2.27. The van der Waals surface area contributed by atoms with E-state index in [0.717, 1.165) is 6.07 Å². The predicted molar refractivity (Wildman–Crippen MR) is 55.1 cm³/mol. The van der Waals surface area contributed by atoms with Gasteiger partial charge in [0.15, 0.2) is 0 Å². The highest BCUT2D eigenvalue weighted by molar-refractivity contribution is 5.92. The van der Waals surface area contributed by atoms with Crippen LogP contribution in [0.2, 0.25) is 0 Å². The number of rotatable bonds is 2. The number of nitro benzene ring substituents is 2. The van der Waals surface area contributed by atoms with E-state index < -0.39 is 21.2 Å². The van der Waals surface area contributed by atoms with Crippen molar-refractivity contribution in [2.45, 2.75) is 0 Å². The zero-order chi connectivity index (χ0) is 11.7. The molecule has 0 bridgehead atoms. The SMILES string of the molecule is O=[N+]([O-])c1ccc2ncccc2c1[N+](=O)[O-]. The van der Waals surface area contributed by atoms with Crippen LogP contribution >= 0.6 is 0 Å². The molecule has 0 aliphatic carbocycles. The van der Waals surface area contributed by atoms with Crippen LogP contribution in [0.5, 0.6) is 0 Å². The van der Waals surface area contributed by atoms with Crippen molar-refractivity contribution in [3.8, 4) is 0 Å². The van der Waals surface area contributed by atoms with Gasteiger partial charge in [-0.2, -0.15) is 0 Å². The lowest BCUT2D eigenvalue weighted by Gasteiger charge is -1.99. The Morgan fingerprint density at radius 2 is 1.81 bits per heavy atom. The molecule has 0 unspecified atom stereocenters. The van der Waals surface area contributed by atoms with Crippen LogP contribution in [0.4, 0.5) is 11.4 Å². The monoisotopic (exact) mass is 219 g/mol. The quantitative estimate of drug-likeness (QED) is 0.568. The van der Waals surface area contributed by atoms with Crippen molar-refractivity contribution in [2.24, 2.45) is 0 Å². The molecule has 80 valence electrons. The van der Waals surface area contributed by atoms with E-state index in [1.54, 1.807) is 0 Å². The molecule has 2 rings (SSSR count). The summed E-state index contributed by atoms with van der Waals surface area (Å²) in [5, 5.41) is 21.6. The van der Waals surface area contributed by atoms with Gasteiger partial charge in [0.05, 0.1) is 20.7 Å². The van der Waals surface area contributed by atoms with Crippen LogP contribution in [0.15, 0.2) is 30.5 Å². The molecule has 7 heteroatoms. The predicted octanol–water partition coefficient (Wildman–Crippen LogP) is 2.05. The Bertz CT molecular complexity index is 596. The topological polar surface area (TPSA) is 99.2 Å². The first-order valence-electron chi connectivity index (χ1n) is 4.28. The average molecular weight is 219 g/mol. The molecular weight excluding hydrogens is 214 g/mol. The maximum absolute atomic E-state index is 10.8. The van der Waals surface area contributed by atoms with Gasteiger partial charge < -0.3 is 0 Å². The Morgan fingerprint density at radius 1 is 1.06 bits per heavy atom. The number of benzene rings is 1. The highest BCUT2D eigenvalue weighted by Crippen LogP contribution is 2.33. The lowest BCUT2D eigenvalue weighted by atomic mass is 10.1. The largest absolute Gasteiger partial charge is 0.355 e. The Morgan fingerprint density at radius 3 is 2.44 bits per heavy atom. The molecule has 0 saturated carbocycles. The van der Waals surface area contributed by atoms with E-state index in [1.165, 1.54) is 24.4 Å². The Labute approximate surface area is 88.6 Å². The van der Waals surface area contributed by atoms with Crippen molar-refractivity contribution < 1.29 is 9.85 Å². The van der Waals surface area contributed by atoms with E-state index >= 15 is 0 Å². The summed E-state index contributed by atoms with van der Waals surface area (Å²) < 4.78 is 0. The van der Waals surface area contributed by atoms with Crippen LogP contribution in [0, 0.1) is 20.2 Å². The van der Waals surface area contributed by atoms with E-state index in [0.29, 0.717) is 5.52 Å². The summed E-state index contributed by atoms with van der Waals surface area (Å²) in [6, 6.07) is 5.42. The number of pyridine rings is 1. The molecule has 0 radical (unpaired) electrons.